The average Bonchev–Trinajstić information content (AvgIpc) is 3.37. The molecule has 0 saturated heterocycles. The molecule has 0 atom stereocenters. The van der Waals surface area contributed by atoms with Crippen molar-refractivity contribution in [2.75, 3.05) is 0 Å². The first-order chi connectivity index (χ1) is 12.7. The number of benzene rings is 1. The average molecular weight is 368 g/mol. The van der Waals surface area contributed by atoms with E-state index in [1.165, 1.54) is 24.0 Å². The number of nitrogens with zero attached hydrogens (tertiary/aromatic N) is 3. The van der Waals surface area contributed by atoms with Gasteiger partial charge in [-0.25, -0.2) is 0 Å². The fourth-order valence-electron chi connectivity index (χ4n) is 3.12. The number of rotatable bonds is 6. The molecule has 0 spiro atoms. The van der Waals surface area contributed by atoms with Gasteiger partial charge in [0.1, 0.15) is 23.9 Å². The van der Waals surface area contributed by atoms with Crippen LogP contribution in [0.3, 0.4) is 0 Å². The van der Waals surface area contributed by atoms with Crippen molar-refractivity contribution in [2.24, 2.45) is 5.10 Å². The number of hydrogen-bond donors (Lipinski definition) is 1. The van der Waals surface area contributed by atoms with Crippen LogP contribution >= 0.6 is 12.2 Å². The summed E-state index contributed by atoms with van der Waals surface area (Å²) in [6, 6.07) is 10.1. The summed E-state index contributed by atoms with van der Waals surface area (Å²) in [7, 11) is 0. The highest BCUT2D eigenvalue weighted by atomic mass is 32.1. The van der Waals surface area contributed by atoms with Gasteiger partial charge in [0.15, 0.2) is 5.82 Å². The first-order valence-electron chi connectivity index (χ1n) is 8.77. The first kappa shape index (κ1) is 16.8. The maximum Gasteiger partial charge on any atom is 0.216 e. The Bertz CT molecular complexity index is 999. The van der Waals surface area contributed by atoms with Crippen molar-refractivity contribution in [1.82, 2.24) is 14.9 Å². The Balaban J connectivity index is 1.41. The number of H-pyrrole nitrogens is 1. The van der Waals surface area contributed by atoms with E-state index in [2.05, 4.69) is 27.4 Å². The van der Waals surface area contributed by atoms with Gasteiger partial charge in [-0.2, -0.15) is 14.9 Å². The van der Waals surface area contributed by atoms with Crippen LogP contribution in [0.2, 0.25) is 0 Å². The summed E-state index contributed by atoms with van der Waals surface area (Å²) in [6.45, 7) is 2.39. The molecule has 1 aliphatic carbocycles. The Morgan fingerprint density at radius 3 is 3.08 bits per heavy atom. The zero-order valence-electron chi connectivity index (χ0n) is 14.6. The monoisotopic (exact) mass is 368 g/mol. The zero-order chi connectivity index (χ0) is 17.9. The molecule has 26 heavy (non-hydrogen) atoms. The van der Waals surface area contributed by atoms with E-state index >= 15 is 0 Å². The molecule has 4 rings (SSSR count). The van der Waals surface area contributed by atoms with Crippen LogP contribution in [-0.2, 0) is 25.9 Å². The maximum atomic E-state index is 5.86. The normalized spacial score (nSPS) is 13.4. The second-order valence-corrected chi connectivity index (χ2v) is 6.62. The Kier molecular flexibility index (Phi) is 4.71. The standard InChI is InChI=1S/C19H20N4O2S/c1-2-18-21-22-19(26)23(18)20-11-16-8-9-17(25-16)12-24-15-7-6-13-4-3-5-14(13)10-15/h6-11H,2-5,12H2,1H3,(H,22,26)/b20-11+. The summed E-state index contributed by atoms with van der Waals surface area (Å²) in [5.41, 5.74) is 2.84. The lowest BCUT2D eigenvalue weighted by Gasteiger charge is -2.06. The molecule has 0 aliphatic heterocycles. The number of fused-ring (bicyclic) bond motifs is 1. The number of aryl methyl sites for hydroxylation is 3. The highest BCUT2D eigenvalue weighted by Crippen LogP contribution is 2.26. The maximum absolute atomic E-state index is 5.86. The second-order valence-electron chi connectivity index (χ2n) is 6.23. The summed E-state index contributed by atoms with van der Waals surface area (Å²) in [6.07, 6.45) is 5.92. The Morgan fingerprint density at radius 2 is 2.19 bits per heavy atom. The largest absolute Gasteiger partial charge is 0.486 e. The number of aromatic nitrogens is 3. The third kappa shape index (κ3) is 3.48. The number of ether oxygens (including phenoxy) is 1. The van der Waals surface area contributed by atoms with Gasteiger partial charge in [0.05, 0.1) is 6.21 Å². The van der Waals surface area contributed by atoms with E-state index in [1.54, 1.807) is 10.9 Å². The number of nitrogens with one attached hydrogen (secondary N) is 1. The van der Waals surface area contributed by atoms with Gasteiger partial charge in [-0.15, -0.1) is 0 Å². The molecule has 0 unspecified atom stereocenters. The summed E-state index contributed by atoms with van der Waals surface area (Å²) >= 11 is 5.17. The van der Waals surface area contributed by atoms with Crippen LogP contribution < -0.4 is 4.74 Å². The summed E-state index contributed by atoms with van der Waals surface area (Å²) < 4.78 is 13.7. The second kappa shape index (κ2) is 7.29. The van der Waals surface area contributed by atoms with E-state index in [-0.39, 0.29) is 0 Å². The predicted octanol–water partition coefficient (Wildman–Crippen LogP) is 4.05. The van der Waals surface area contributed by atoms with Crippen LogP contribution in [0.4, 0.5) is 0 Å². The zero-order valence-corrected chi connectivity index (χ0v) is 15.4. The topological polar surface area (TPSA) is 68.3 Å². The van der Waals surface area contributed by atoms with E-state index in [9.17, 15) is 0 Å². The van der Waals surface area contributed by atoms with Gasteiger partial charge >= 0.3 is 0 Å². The van der Waals surface area contributed by atoms with Gasteiger partial charge in [-0.1, -0.05) is 13.0 Å². The van der Waals surface area contributed by atoms with Crippen LogP contribution in [0, 0.1) is 4.77 Å². The molecule has 0 radical (unpaired) electrons. The molecule has 7 heteroatoms. The third-order valence-corrected chi connectivity index (χ3v) is 4.73. The van der Waals surface area contributed by atoms with Crippen molar-refractivity contribution in [1.29, 1.82) is 0 Å². The molecule has 0 fully saturated rings. The Labute approximate surface area is 156 Å². The molecule has 0 bridgehead atoms. The lowest BCUT2D eigenvalue weighted by molar-refractivity contribution is 0.269. The predicted molar refractivity (Wildman–Crippen MR) is 101 cm³/mol. The molecule has 1 aliphatic rings. The van der Waals surface area contributed by atoms with E-state index in [4.69, 9.17) is 21.4 Å². The molecule has 0 saturated carbocycles. The van der Waals surface area contributed by atoms with E-state index in [1.807, 2.05) is 25.1 Å². The van der Waals surface area contributed by atoms with Crippen LogP contribution in [0.5, 0.6) is 5.75 Å². The molecule has 2 heterocycles. The van der Waals surface area contributed by atoms with Gasteiger partial charge in [0, 0.05) is 6.42 Å². The van der Waals surface area contributed by atoms with Crippen molar-refractivity contribution >= 4 is 18.4 Å². The number of aromatic amines is 1. The minimum absolute atomic E-state index is 0.387. The summed E-state index contributed by atoms with van der Waals surface area (Å²) in [5.74, 6) is 3.05. The fourth-order valence-corrected chi connectivity index (χ4v) is 3.32. The van der Waals surface area contributed by atoms with Crippen LogP contribution in [-0.4, -0.2) is 21.1 Å². The number of furan rings is 1. The van der Waals surface area contributed by atoms with Crippen LogP contribution in [0.25, 0.3) is 0 Å². The summed E-state index contributed by atoms with van der Waals surface area (Å²) in [5, 5.41) is 11.2. The van der Waals surface area contributed by atoms with E-state index in [0.29, 0.717) is 17.1 Å². The van der Waals surface area contributed by atoms with Crippen molar-refractivity contribution in [3.63, 3.8) is 0 Å². The fraction of sp³-hybridized carbons (Fsp3) is 0.316. The highest BCUT2D eigenvalue weighted by molar-refractivity contribution is 7.71. The Hall–Kier alpha value is -2.67. The SMILES string of the molecule is CCc1n[nH]c(=S)n1/N=C/c1ccc(COc2ccc3c(c2)CCC3)o1. The smallest absolute Gasteiger partial charge is 0.216 e. The molecule has 1 aromatic carbocycles. The molecule has 0 amide bonds. The van der Waals surface area contributed by atoms with Crippen molar-refractivity contribution in [2.45, 2.75) is 39.2 Å². The van der Waals surface area contributed by atoms with Crippen LogP contribution in [0.15, 0.2) is 39.9 Å². The lowest BCUT2D eigenvalue weighted by Crippen LogP contribution is -1.97. The van der Waals surface area contributed by atoms with E-state index < -0.39 is 0 Å². The minimum Gasteiger partial charge on any atom is -0.486 e. The van der Waals surface area contributed by atoms with Crippen molar-refractivity contribution < 1.29 is 9.15 Å². The molecule has 1 N–H and O–H groups in total. The first-order valence-corrected chi connectivity index (χ1v) is 9.17. The van der Waals surface area contributed by atoms with Crippen molar-refractivity contribution in [3.8, 4) is 5.75 Å². The van der Waals surface area contributed by atoms with Crippen molar-refractivity contribution in [3.05, 3.63) is 63.6 Å². The molecule has 6 nitrogen and oxygen atoms in total. The molecule has 3 aromatic rings. The molecule has 134 valence electrons. The van der Waals surface area contributed by atoms with Gasteiger partial charge in [-0.3, -0.25) is 5.10 Å². The third-order valence-electron chi connectivity index (χ3n) is 4.47. The van der Waals surface area contributed by atoms with Gasteiger partial charge < -0.3 is 9.15 Å². The summed E-state index contributed by atoms with van der Waals surface area (Å²) in [4.78, 5) is 0. The molecule has 2 aromatic heterocycles. The van der Waals surface area contributed by atoms with E-state index in [0.717, 1.165) is 30.2 Å². The minimum atomic E-state index is 0.387. The quantitative estimate of drug-likeness (QED) is 0.526. The van der Waals surface area contributed by atoms with Gasteiger partial charge in [0.25, 0.3) is 0 Å². The van der Waals surface area contributed by atoms with Crippen LogP contribution in [0.1, 0.15) is 41.8 Å². The Morgan fingerprint density at radius 1 is 1.31 bits per heavy atom. The molecular weight excluding hydrogens is 348 g/mol. The van der Waals surface area contributed by atoms with Gasteiger partial charge in [-0.05, 0) is 66.9 Å². The number of hydrogen-bond acceptors (Lipinski definition) is 5. The highest BCUT2D eigenvalue weighted by Gasteiger charge is 2.11. The van der Waals surface area contributed by atoms with Gasteiger partial charge in [0.2, 0.25) is 4.77 Å². The lowest BCUT2D eigenvalue weighted by atomic mass is 10.1. The molecular formula is C19H20N4O2S.